The second-order valence-electron chi connectivity index (χ2n) is 2.20. The maximum absolute atomic E-state index is 3.74. The van der Waals surface area contributed by atoms with Gasteiger partial charge in [-0.1, -0.05) is 24.0 Å². The summed E-state index contributed by atoms with van der Waals surface area (Å²) in [5.74, 6) is 3.04. The highest BCUT2D eigenvalue weighted by molar-refractivity contribution is 6.99. The Morgan fingerprint density at radius 3 is 1.91 bits per heavy atom. The SMILES string of the molecule is C=C[Si](C#CCC)(C=C)C=C. The van der Waals surface area contributed by atoms with Crippen LogP contribution < -0.4 is 0 Å². The van der Waals surface area contributed by atoms with Gasteiger partial charge >= 0.3 is 0 Å². The molecule has 58 valence electrons. The van der Waals surface area contributed by atoms with Crippen molar-refractivity contribution in [2.45, 2.75) is 13.3 Å². The molecule has 0 aliphatic rings. The summed E-state index contributed by atoms with van der Waals surface area (Å²) in [6.07, 6.45) is 0.879. The van der Waals surface area contributed by atoms with Crippen LogP contribution in [0.1, 0.15) is 13.3 Å². The first-order valence-corrected chi connectivity index (χ1v) is 5.88. The first kappa shape index (κ1) is 10.00. The Labute approximate surface area is 70.3 Å². The molecule has 0 saturated carbocycles. The lowest BCUT2D eigenvalue weighted by Gasteiger charge is -2.09. The van der Waals surface area contributed by atoms with Crippen molar-refractivity contribution in [2.24, 2.45) is 0 Å². The van der Waals surface area contributed by atoms with E-state index in [0.29, 0.717) is 0 Å². The molecule has 0 aromatic heterocycles. The average molecular weight is 162 g/mol. The van der Waals surface area contributed by atoms with Crippen molar-refractivity contribution in [1.82, 2.24) is 0 Å². The van der Waals surface area contributed by atoms with Gasteiger partial charge in [0.15, 0.2) is 0 Å². The van der Waals surface area contributed by atoms with E-state index in [4.69, 9.17) is 0 Å². The molecule has 0 saturated heterocycles. The summed E-state index contributed by atoms with van der Waals surface area (Å²) in [5, 5.41) is 0. The average Bonchev–Trinajstić information content (AvgIpc) is 2.08. The monoisotopic (exact) mass is 162 g/mol. The molecule has 0 aromatic rings. The Morgan fingerprint density at radius 1 is 1.18 bits per heavy atom. The van der Waals surface area contributed by atoms with Crippen LogP contribution in [0.25, 0.3) is 0 Å². The Morgan fingerprint density at radius 2 is 1.64 bits per heavy atom. The Hall–Kier alpha value is -1.00. The van der Waals surface area contributed by atoms with Crippen LogP contribution in [-0.4, -0.2) is 8.07 Å². The van der Waals surface area contributed by atoms with Gasteiger partial charge in [0, 0.05) is 6.42 Å². The normalized spacial score (nSPS) is 9.18. The quantitative estimate of drug-likeness (QED) is 0.442. The summed E-state index contributed by atoms with van der Waals surface area (Å²) < 4.78 is 0. The van der Waals surface area contributed by atoms with Crippen molar-refractivity contribution in [3.8, 4) is 11.5 Å². The van der Waals surface area contributed by atoms with Gasteiger partial charge in [0.25, 0.3) is 0 Å². The smallest absolute Gasteiger partial charge is 0.116 e. The zero-order valence-electron chi connectivity index (χ0n) is 7.06. The summed E-state index contributed by atoms with van der Waals surface area (Å²) in [6, 6.07) is 0. The van der Waals surface area contributed by atoms with Gasteiger partial charge in [0.05, 0.1) is 0 Å². The first-order valence-electron chi connectivity index (χ1n) is 3.65. The third kappa shape index (κ3) is 2.61. The molecule has 0 amide bonds. The van der Waals surface area contributed by atoms with Crippen LogP contribution in [0.15, 0.2) is 36.8 Å². The number of hydrogen-bond acceptors (Lipinski definition) is 0. The van der Waals surface area contributed by atoms with E-state index in [1.807, 2.05) is 24.0 Å². The molecule has 0 spiro atoms. The second kappa shape index (κ2) is 4.76. The van der Waals surface area contributed by atoms with Crippen LogP contribution >= 0.6 is 0 Å². The minimum absolute atomic E-state index is 0.879. The topological polar surface area (TPSA) is 0 Å². The summed E-state index contributed by atoms with van der Waals surface area (Å²) in [5.41, 5.74) is 8.82. The van der Waals surface area contributed by atoms with Crippen molar-refractivity contribution in [3.63, 3.8) is 0 Å². The maximum atomic E-state index is 3.74. The highest BCUT2D eigenvalue weighted by Gasteiger charge is 2.17. The molecule has 0 fully saturated rings. The van der Waals surface area contributed by atoms with E-state index in [-0.39, 0.29) is 0 Å². The fourth-order valence-corrected chi connectivity index (χ4v) is 1.93. The highest BCUT2D eigenvalue weighted by Crippen LogP contribution is 2.04. The summed E-state index contributed by atoms with van der Waals surface area (Å²) in [6.45, 7) is 13.3. The molecule has 1 heteroatoms. The molecular formula is C10H14Si. The Balaban J connectivity index is 4.68. The molecule has 0 unspecified atom stereocenters. The fourth-order valence-electron chi connectivity index (χ4n) is 0.645. The van der Waals surface area contributed by atoms with Crippen LogP contribution in [0.4, 0.5) is 0 Å². The standard InChI is InChI=1S/C10H14Si/c1-5-9-10-11(6-2,7-3)8-4/h6-8H,2-5H2,1H3. The lowest BCUT2D eigenvalue weighted by atomic mass is 10.5. The van der Waals surface area contributed by atoms with Crippen molar-refractivity contribution in [2.75, 3.05) is 0 Å². The molecule has 0 bridgehead atoms. The Bertz CT molecular complexity index is 193. The predicted octanol–water partition coefficient (Wildman–Crippen LogP) is 2.56. The zero-order chi connectivity index (χ0) is 8.74. The second-order valence-corrected chi connectivity index (χ2v) is 5.54. The van der Waals surface area contributed by atoms with Crippen LogP contribution in [-0.2, 0) is 0 Å². The molecule has 0 aliphatic carbocycles. The summed E-state index contributed by atoms with van der Waals surface area (Å²) >= 11 is 0. The van der Waals surface area contributed by atoms with E-state index in [0.717, 1.165) is 6.42 Å². The maximum Gasteiger partial charge on any atom is 0.206 e. The molecule has 0 N–H and O–H groups in total. The summed E-state index contributed by atoms with van der Waals surface area (Å²) in [4.78, 5) is 0. The van der Waals surface area contributed by atoms with Crippen molar-refractivity contribution < 1.29 is 0 Å². The van der Waals surface area contributed by atoms with E-state index >= 15 is 0 Å². The minimum Gasteiger partial charge on any atom is -0.116 e. The zero-order valence-corrected chi connectivity index (χ0v) is 8.06. The van der Waals surface area contributed by atoms with Crippen molar-refractivity contribution in [1.29, 1.82) is 0 Å². The molecule has 11 heavy (non-hydrogen) atoms. The van der Waals surface area contributed by atoms with Crippen LogP contribution in [0.2, 0.25) is 0 Å². The van der Waals surface area contributed by atoms with Crippen LogP contribution in [0, 0.1) is 11.5 Å². The van der Waals surface area contributed by atoms with Crippen LogP contribution in [0.5, 0.6) is 0 Å². The predicted molar refractivity (Wildman–Crippen MR) is 54.4 cm³/mol. The van der Waals surface area contributed by atoms with Gasteiger partial charge in [-0.3, -0.25) is 0 Å². The van der Waals surface area contributed by atoms with E-state index in [1.165, 1.54) is 0 Å². The largest absolute Gasteiger partial charge is 0.206 e. The van der Waals surface area contributed by atoms with Crippen molar-refractivity contribution in [3.05, 3.63) is 36.8 Å². The van der Waals surface area contributed by atoms with Gasteiger partial charge in [0.1, 0.15) is 0 Å². The van der Waals surface area contributed by atoms with Gasteiger partial charge in [-0.2, -0.15) is 0 Å². The van der Waals surface area contributed by atoms with Crippen LogP contribution in [0.3, 0.4) is 0 Å². The fraction of sp³-hybridized carbons (Fsp3) is 0.200. The molecule has 0 radical (unpaired) electrons. The third-order valence-corrected chi connectivity index (χ3v) is 4.13. The van der Waals surface area contributed by atoms with Gasteiger partial charge in [-0.15, -0.1) is 31.2 Å². The molecule has 0 nitrogen and oxygen atoms in total. The molecule has 0 atom stereocenters. The minimum atomic E-state index is -1.81. The van der Waals surface area contributed by atoms with Gasteiger partial charge in [-0.25, -0.2) is 0 Å². The third-order valence-electron chi connectivity index (χ3n) is 1.49. The summed E-state index contributed by atoms with van der Waals surface area (Å²) in [7, 11) is -1.81. The lowest BCUT2D eigenvalue weighted by Crippen LogP contribution is -2.24. The van der Waals surface area contributed by atoms with Gasteiger partial charge in [-0.05, 0) is 0 Å². The lowest BCUT2D eigenvalue weighted by molar-refractivity contribution is 1.28. The molecule has 0 aromatic carbocycles. The van der Waals surface area contributed by atoms with E-state index < -0.39 is 8.07 Å². The number of rotatable bonds is 3. The van der Waals surface area contributed by atoms with Gasteiger partial charge < -0.3 is 0 Å². The van der Waals surface area contributed by atoms with Crippen molar-refractivity contribution >= 4 is 8.07 Å². The van der Waals surface area contributed by atoms with E-state index in [1.54, 1.807) is 0 Å². The Kier molecular flexibility index (Phi) is 4.32. The highest BCUT2D eigenvalue weighted by atomic mass is 28.3. The van der Waals surface area contributed by atoms with Gasteiger partial charge in [0.2, 0.25) is 8.07 Å². The number of hydrogen-bond donors (Lipinski definition) is 0. The van der Waals surface area contributed by atoms with E-state index in [9.17, 15) is 0 Å². The van der Waals surface area contributed by atoms with E-state index in [2.05, 4.69) is 31.2 Å². The molecule has 0 rings (SSSR count). The molecule has 0 heterocycles. The first-order chi connectivity index (χ1) is 5.24. The molecular weight excluding hydrogens is 148 g/mol. The molecule has 0 aliphatic heterocycles.